The van der Waals surface area contributed by atoms with Crippen molar-refractivity contribution in [3.8, 4) is 6.07 Å². The van der Waals surface area contributed by atoms with E-state index in [0.717, 1.165) is 5.56 Å². The first kappa shape index (κ1) is 13.7. The number of rotatable bonds is 3. The molecule has 20 heavy (non-hydrogen) atoms. The van der Waals surface area contributed by atoms with Crippen LogP contribution in [-0.4, -0.2) is 10.9 Å². The lowest BCUT2D eigenvalue weighted by molar-refractivity contribution is 0.102. The van der Waals surface area contributed by atoms with Crippen molar-refractivity contribution in [1.82, 2.24) is 4.98 Å². The quantitative estimate of drug-likeness (QED) is 0.891. The fraction of sp³-hybridized carbons (Fsp3) is 0.133. The summed E-state index contributed by atoms with van der Waals surface area (Å²) < 4.78 is 0. The third-order valence-electron chi connectivity index (χ3n) is 2.86. The van der Waals surface area contributed by atoms with E-state index in [1.54, 1.807) is 49.6 Å². The zero-order chi connectivity index (χ0) is 14.5. The summed E-state index contributed by atoms with van der Waals surface area (Å²) in [5.41, 5.74) is 8.00. The van der Waals surface area contributed by atoms with E-state index in [4.69, 9.17) is 11.0 Å². The molecule has 1 atom stereocenters. The lowest BCUT2D eigenvalue weighted by Crippen LogP contribution is -2.13. The van der Waals surface area contributed by atoms with E-state index in [2.05, 4.69) is 16.4 Å². The minimum Gasteiger partial charge on any atom is -0.324 e. The molecule has 1 aromatic carbocycles. The second kappa shape index (κ2) is 5.95. The van der Waals surface area contributed by atoms with Crippen molar-refractivity contribution in [3.05, 3.63) is 59.4 Å². The number of anilines is 1. The Morgan fingerprint density at radius 2 is 2.05 bits per heavy atom. The smallest absolute Gasteiger partial charge is 0.255 e. The van der Waals surface area contributed by atoms with Crippen LogP contribution in [0, 0.1) is 11.3 Å². The van der Waals surface area contributed by atoms with Crippen LogP contribution in [0.15, 0.2) is 42.7 Å². The van der Waals surface area contributed by atoms with E-state index in [1.807, 2.05) is 0 Å². The molecule has 1 amide bonds. The largest absolute Gasteiger partial charge is 0.324 e. The van der Waals surface area contributed by atoms with Gasteiger partial charge in [0.2, 0.25) is 0 Å². The molecule has 5 heteroatoms. The lowest BCUT2D eigenvalue weighted by Gasteiger charge is -2.10. The number of carbonyl (C=O) groups is 1. The van der Waals surface area contributed by atoms with Gasteiger partial charge in [0.15, 0.2) is 0 Å². The molecular weight excluding hydrogens is 252 g/mol. The fourth-order valence-electron chi connectivity index (χ4n) is 1.83. The number of benzene rings is 1. The number of hydrogen-bond acceptors (Lipinski definition) is 4. The molecule has 0 saturated heterocycles. The third-order valence-corrected chi connectivity index (χ3v) is 2.86. The number of pyridine rings is 1. The molecule has 5 nitrogen and oxygen atoms in total. The predicted octanol–water partition coefficient (Wildman–Crippen LogP) is 2.23. The zero-order valence-corrected chi connectivity index (χ0v) is 11.0. The Hall–Kier alpha value is -2.71. The summed E-state index contributed by atoms with van der Waals surface area (Å²) in [6, 6.07) is 10.1. The summed E-state index contributed by atoms with van der Waals surface area (Å²) in [4.78, 5) is 16.0. The second-order valence-electron chi connectivity index (χ2n) is 4.39. The molecule has 0 spiro atoms. The van der Waals surface area contributed by atoms with Gasteiger partial charge in [-0.25, -0.2) is 0 Å². The summed E-state index contributed by atoms with van der Waals surface area (Å²) in [5, 5.41) is 11.9. The van der Waals surface area contributed by atoms with E-state index in [0.29, 0.717) is 16.8 Å². The molecule has 0 aliphatic carbocycles. The van der Waals surface area contributed by atoms with Gasteiger partial charge in [0.1, 0.15) is 0 Å². The topological polar surface area (TPSA) is 91.8 Å². The van der Waals surface area contributed by atoms with Gasteiger partial charge in [-0.2, -0.15) is 5.26 Å². The van der Waals surface area contributed by atoms with Gasteiger partial charge >= 0.3 is 0 Å². The van der Waals surface area contributed by atoms with Crippen molar-refractivity contribution in [2.75, 3.05) is 5.32 Å². The molecule has 2 aromatic rings. The second-order valence-corrected chi connectivity index (χ2v) is 4.39. The maximum Gasteiger partial charge on any atom is 0.255 e. The maximum atomic E-state index is 12.1. The number of carbonyl (C=O) groups excluding carboxylic acids is 1. The zero-order valence-electron chi connectivity index (χ0n) is 11.0. The molecule has 0 radical (unpaired) electrons. The molecule has 1 unspecified atom stereocenters. The van der Waals surface area contributed by atoms with Crippen molar-refractivity contribution < 1.29 is 4.79 Å². The Morgan fingerprint density at radius 3 is 2.65 bits per heavy atom. The molecule has 100 valence electrons. The fourth-order valence-corrected chi connectivity index (χ4v) is 1.83. The molecule has 0 saturated carbocycles. The van der Waals surface area contributed by atoms with Crippen LogP contribution in [0.4, 0.5) is 5.69 Å². The lowest BCUT2D eigenvalue weighted by atomic mass is 10.00. The van der Waals surface area contributed by atoms with Crippen LogP contribution in [0.2, 0.25) is 0 Å². The summed E-state index contributed by atoms with van der Waals surface area (Å²) in [5.74, 6) is -0.274. The van der Waals surface area contributed by atoms with Crippen molar-refractivity contribution in [3.63, 3.8) is 0 Å². The highest BCUT2D eigenvalue weighted by molar-refractivity contribution is 6.04. The summed E-state index contributed by atoms with van der Waals surface area (Å²) in [7, 11) is 0. The highest BCUT2D eigenvalue weighted by atomic mass is 16.1. The standard InChI is InChI=1S/C15H14N4O/c1-10(17)14-3-2-11(8-12(14)9-16)15(20)19-13-4-6-18-7-5-13/h2-8,10H,17H2,1H3,(H,18,19,20). The van der Waals surface area contributed by atoms with Crippen LogP contribution in [0.1, 0.15) is 34.5 Å². The highest BCUT2D eigenvalue weighted by Crippen LogP contribution is 2.18. The summed E-state index contributed by atoms with van der Waals surface area (Å²) in [6.07, 6.45) is 3.19. The Bertz CT molecular complexity index is 659. The van der Waals surface area contributed by atoms with Crippen LogP contribution in [0.3, 0.4) is 0 Å². The van der Waals surface area contributed by atoms with Crippen molar-refractivity contribution in [2.24, 2.45) is 5.73 Å². The van der Waals surface area contributed by atoms with E-state index in [9.17, 15) is 4.79 Å². The van der Waals surface area contributed by atoms with Crippen LogP contribution in [-0.2, 0) is 0 Å². The van der Waals surface area contributed by atoms with Gasteiger partial charge in [-0.3, -0.25) is 9.78 Å². The third kappa shape index (κ3) is 2.99. The summed E-state index contributed by atoms with van der Waals surface area (Å²) in [6.45, 7) is 1.80. The van der Waals surface area contributed by atoms with Gasteiger partial charge in [-0.1, -0.05) is 6.07 Å². The number of aromatic nitrogens is 1. The molecule has 0 aliphatic rings. The average molecular weight is 266 g/mol. The number of nitrogens with two attached hydrogens (primary N) is 1. The molecule has 0 bridgehead atoms. The number of nitriles is 1. The van der Waals surface area contributed by atoms with E-state index in [1.165, 1.54) is 0 Å². The Balaban J connectivity index is 2.25. The SMILES string of the molecule is CC(N)c1ccc(C(=O)Nc2ccncc2)cc1C#N. The van der Waals surface area contributed by atoms with Crippen molar-refractivity contribution in [1.29, 1.82) is 5.26 Å². The van der Waals surface area contributed by atoms with E-state index >= 15 is 0 Å². The van der Waals surface area contributed by atoms with Crippen LogP contribution in [0.25, 0.3) is 0 Å². The first-order valence-corrected chi connectivity index (χ1v) is 6.13. The number of amides is 1. The molecule has 0 aliphatic heterocycles. The predicted molar refractivity (Wildman–Crippen MR) is 75.9 cm³/mol. The highest BCUT2D eigenvalue weighted by Gasteiger charge is 2.12. The molecule has 2 rings (SSSR count). The Morgan fingerprint density at radius 1 is 1.35 bits per heavy atom. The van der Waals surface area contributed by atoms with Crippen LogP contribution < -0.4 is 11.1 Å². The van der Waals surface area contributed by atoms with Gasteiger partial charge in [0.05, 0.1) is 11.6 Å². The Labute approximate surface area is 117 Å². The number of nitrogens with zero attached hydrogens (tertiary/aromatic N) is 2. The van der Waals surface area contributed by atoms with Crippen molar-refractivity contribution in [2.45, 2.75) is 13.0 Å². The minimum absolute atomic E-state index is 0.248. The molecular formula is C15H14N4O. The first-order valence-electron chi connectivity index (χ1n) is 6.13. The van der Waals surface area contributed by atoms with E-state index < -0.39 is 0 Å². The van der Waals surface area contributed by atoms with Crippen molar-refractivity contribution >= 4 is 11.6 Å². The normalized spacial score (nSPS) is 11.4. The molecule has 1 heterocycles. The Kier molecular flexibility index (Phi) is 4.08. The number of nitrogens with one attached hydrogen (secondary N) is 1. The van der Waals surface area contributed by atoms with Gasteiger partial charge < -0.3 is 11.1 Å². The molecule has 3 N–H and O–H groups in total. The summed E-state index contributed by atoms with van der Waals surface area (Å²) >= 11 is 0. The number of hydrogen-bond donors (Lipinski definition) is 2. The van der Waals surface area contributed by atoms with Crippen LogP contribution in [0.5, 0.6) is 0 Å². The minimum atomic E-state index is -0.274. The van der Waals surface area contributed by atoms with Gasteiger partial charge in [-0.05, 0) is 36.8 Å². The van der Waals surface area contributed by atoms with Crippen LogP contribution >= 0.6 is 0 Å². The molecule has 1 aromatic heterocycles. The van der Waals surface area contributed by atoms with Gasteiger partial charge in [-0.15, -0.1) is 0 Å². The maximum absolute atomic E-state index is 12.1. The van der Waals surface area contributed by atoms with E-state index in [-0.39, 0.29) is 11.9 Å². The monoisotopic (exact) mass is 266 g/mol. The van der Waals surface area contributed by atoms with Gasteiger partial charge in [0, 0.05) is 29.7 Å². The molecule has 0 fully saturated rings. The first-order chi connectivity index (χ1) is 9.61. The van der Waals surface area contributed by atoms with Gasteiger partial charge in [0.25, 0.3) is 5.91 Å². The average Bonchev–Trinajstić information content (AvgIpc) is 2.47.